The van der Waals surface area contributed by atoms with E-state index in [-0.39, 0.29) is 11.3 Å². The van der Waals surface area contributed by atoms with Crippen molar-refractivity contribution in [1.82, 2.24) is 9.27 Å². The molecule has 0 saturated carbocycles. The first kappa shape index (κ1) is 23.9. The fourth-order valence-corrected chi connectivity index (χ4v) is 5.26. The van der Waals surface area contributed by atoms with Crippen LogP contribution < -0.4 is 14.4 Å². The normalized spacial score (nSPS) is 18.8. The third-order valence-electron chi connectivity index (χ3n) is 6.27. The molecular formula is C25H26F3N3O3S. The van der Waals surface area contributed by atoms with E-state index in [4.69, 9.17) is 9.47 Å². The molecule has 2 aromatic carbocycles. The van der Waals surface area contributed by atoms with Crippen molar-refractivity contribution in [2.75, 3.05) is 44.2 Å². The van der Waals surface area contributed by atoms with Crippen LogP contribution in [0.25, 0.3) is 15.7 Å². The molecule has 1 unspecified atom stereocenters. The summed E-state index contributed by atoms with van der Waals surface area (Å²) >= 11 is 1.54. The second kappa shape index (κ2) is 10.0. The molecule has 0 aliphatic carbocycles. The van der Waals surface area contributed by atoms with Gasteiger partial charge in [0.05, 0.1) is 16.9 Å². The highest BCUT2D eigenvalue weighted by atomic mass is 32.1. The number of benzene rings is 2. The number of allylic oxidation sites excluding steroid dienone is 1. The zero-order valence-corrected chi connectivity index (χ0v) is 19.8. The second-order valence-electron chi connectivity index (χ2n) is 8.63. The Hall–Kier alpha value is -2.82. The molecule has 6 nitrogen and oxygen atoms in total. The van der Waals surface area contributed by atoms with Crippen molar-refractivity contribution in [3.8, 4) is 11.5 Å². The van der Waals surface area contributed by atoms with Gasteiger partial charge in [0.2, 0.25) is 6.29 Å². The van der Waals surface area contributed by atoms with Crippen LogP contribution in [0.15, 0.2) is 48.5 Å². The first-order valence-corrected chi connectivity index (χ1v) is 12.4. The summed E-state index contributed by atoms with van der Waals surface area (Å²) in [5.74, 6) is 1.47. The number of unbranched alkanes of at least 4 members (excludes halogenated alkanes) is 1. The van der Waals surface area contributed by atoms with E-state index in [0.29, 0.717) is 18.4 Å². The van der Waals surface area contributed by atoms with E-state index in [0.717, 1.165) is 51.4 Å². The summed E-state index contributed by atoms with van der Waals surface area (Å²) in [4.78, 5) is 4.79. The number of ether oxygens (including phenoxy) is 2. The van der Waals surface area contributed by atoms with Gasteiger partial charge in [0.1, 0.15) is 17.3 Å². The maximum Gasteiger partial charge on any atom is 0.417 e. The fraction of sp³-hybridized carbons (Fsp3) is 0.400. The Labute approximate surface area is 205 Å². The predicted octanol–water partition coefficient (Wildman–Crippen LogP) is 4.93. The average molecular weight is 506 g/mol. The molecule has 0 spiro atoms. The van der Waals surface area contributed by atoms with Crippen molar-refractivity contribution in [2.45, 2.75) is 25.3 Å². The summed E-state index contributed by atoms with van der Waals surface area (Å²) in [6.07, 6.45) is -3.75. The Bertz CT molecular complexity index is 1210. The average Bonchev–Trinajstić information content (AvgIpc) is 3.27. The van der Waals surface area contributed by atoms with Crippen molar-refractivity contribution in [3.05, 3.63) is 54.1 Å². The number of halogens is 3. The van der Waals surface area contributed by atoms with Crippen LogP contribution in [-0.2, 0) is 0 Å². The van der Waals surface area contributed by atoms with Gasteiger partial charge in [-0.1, -0.05) is 12.1 Å². The summed E-state index contributed by atoms with van der Waals surface area (Å²) in [5.41, 5.74) is -0.999. The first-order chi connectivity index (χ1) is 16.9. The van der Waals surface area contributed by atoms with Crippen LogP contribution in [0.4, 0.5) is 19.0 Å². The van der Waals surface area contributed by atoms with Crippen molar-refractivity contribution >= 4 is 33.0 Å². The number of fused-ring (bicyclic) bond motifs is 2. The van der Waals surface area contributed by atoms with Gasteiger partial charge in [-0.25, -0.2) is 0 Å². The Balaban J connectivity index is 1.06. The van der Waals surface area contributed by atoms with Gasteiger partial charge in [-0.15, -0.1) is 0 Å². The van der Waals surface area contributed by atoms with Crippen LogP contribution >= 0.6 is 11.5 Å². The van der Waals surface area contributed by atoms with Gasteiger partial charge in [-0.05, 0) is 61.3 Å². The maximum absolute atomic E-state index is 13.2. The molecule has 1 aromatic heterocycles. The minimum atomic E-state index is -4.57. The van der Waals surface area contributed by atoms with Crippen molar-refractivity contribution in [3.63, 3.8) is 0 Å². The van der Waals surface area contributed by atoms with E-state index in [1.54, 1.807) is 11.5 Å². The standard InChI is InChI=1S/C25H26F3N3O3S/c26-25(27,28)20-16-23(32)34-21-15-17(7-8-18(20)21)33-14-4-3-9-30-10-12-31(13-11-30)24-19-5-1-2-6-22(19)35-29-24/h1-2,5-8,15-16,23,32H,3-4,9-14H2. The molecule has 3 heterocycles. The van der Waals surface area contributed by atoms with Crippen molar-refractivity contribution < 1.29 is 27.8 Å². The number of aromatic nitrogens is 1. The van der Waals surface area contributed by atoms with Gasteiger partial charge >= 0.3 is 6.18 Å². The lowest BCUT2D eigenvalue weighted by Gasteiger charge is -2.35. The van der Waals surface area contributed by atoms with Crippen LogP contribution in [0.1, 0.15) is 18.4 Å². The molecule has 2 aliphatic heterocycles. The number of piperazine rings is 1. The highest BCUT2D eigenvalue weighted by molar-refractivity contribution is 7.13. The molecular weight excluding hydrogens is 479 g/mol. The van der Waals surface area contributed by atoms with Crippen LogP contribution in [0.3, 0.4) is 0 Å². The third-order valence-corrected chi connectivity index (χ3v) is 7.09. The van der Waals surface area contributed by atoms with E-state index >= 15 is 0 Å². The van der Waals surface area contributed by atoms with Gasteiger partial charge in [-0.3, -0.25) is 4.90 Å². The molecule has 1 saturated heterocycles. The zero-order valence-electron chi connectivity index (χ0n) is 19.0. The van der Waals surface area contributed by atoms with E-state index in [1.165, 1.54) is 28.3 Å². The largest absolute Gasteiger partial charge is 0.493 e. The molecule has 35 heavy (non-hydrogen) atoms. The number of nitrogens with zero attached hydrogens (tertiary/aromatic N) is 3. The summed E-state index contributed by atoms with van der Waals surface area (Å²) in [7, 11) is 0. The van der Waals surface area contributed by atoms with E-state index in [9.17, 15) is 18.3 Å². The number of anilines is 1. The Morgan fingerprint density at radius 3 is 2.69 bits per heavy atom. The molecule has 1 atom stereocenters. The van der Waals surface area contributed by atoms with Crippen LogP contribution in [0.5, 0.6) is 11.5 Å². The quantitative estimate of drug-likeness (QED) is 0.460. The molecule has 1 N–H and O–H groups in total. The molecule has 2 aliphatic rings. The van der Waals surface area contributed by atoms with E-state index in [1.807, 2.05) is 6.07 Å². The number of alkyl halides is 3. The second-order valence-corrected chi connectivity index (χ2v) is 9.44. The van der Waals surface area contributed by atoms with Gasteiger partial charge in [-0.2, -0.15) is 17.5 Å². The number of hydrogen-bond acceptors (Lipinski definition) is 7. The lowest BCUT2D eigenvalue weighted by molar-refractivity contribution is -0.0729. The molecule has 10 heteroatoms. The topological polar surface area (TPSA) is 58.1 Å². The van der Waals surface area contributed by atoms with Gasteiger partial charge < -0.3 is 19.5 Å². The van der Waals surface area contributed by atoms with E-state index in [2.05, 4.69) is 32.4 Å². The third kappa shape index (κ3) is 5.39. The van der Waals surface area contributed by atoms with E-state index < -0.39 is 18.0 Å². The lowest BCUT2D eigenvalue weighted by atomic mass is 10.0. The van der Waals surface area contributed by atoms with Crippen molar-refractivity contribution in [2.24, 2.45) is 0 Å². The van der Waals surface area contributed by atoms with Crippen LogP contribution in [-0.4, -0.2) is 66.2 Å². The highest BCUT2D eigenvalue weighted by Gasteiger charge is 2.39. The monoisotopic (exact) mass is 505 g/mol. The number of rotatable bonds is 7. The van der Waals surface area contributed by atoms with Crippen LogP contribution in [0.2, 0.25) is 0 Å². The van der Waals surface area contributed by atoms with Crippen molar-refractivity contribution in [1.29, 1.82) is 0 Å². The SMILES string of the molecule is OC1C=C(C(F)(F)F)c2ccc(OCCCCN3CCN(c4nsc5ccccc45)CC3)cc2O1. The summed E-state index contributed by atoms with van der Waals surface area (Å²) in [5, 5.41) is 10.8. The molecule has 5 rings (SSSR count). The Morgan fingerprint density at radius 2 is 1.89 bits per heavy atom. The number of aliphatic hydroxyl groups excluding tert-OH is 1. The minimum absolute atomic E-state index is 0.0319. The predicted molar refractivity (Wildman–Crippen MR) is 130 cm³/mol. The van der Waals surface area contributed by atoms with Gasteiger partial charge in [0, 0.05) is 43.2 Å². The molecule has 0 radical (unpaired) electrons. The summed E-state index contributed by atoms with van der Waals surface area (Å²) in [6.45, 7) is 5.26. The first-order valence-electron chi connectivity index (χ1n) is 11.6. The molecule has 1 fully saturated rings. The highest BCUT2D eigenvalue weighted by Crippen LogP contribution is 2.42. The lowest BCUT2D eigenvalue weighted by Crippen LogP contribution is -2.46. The number of hydrogen-bond donors (Lipinski definition) is 1. The smallest absolute Gasteiger partial charge is 0.417 e. The van der Waals surface area contributed by atoms with Gasteiger partial charge in [0.15, 0.2) is 0 Å². The zero-order chi connectivity index (χ0) is 24.4. The molecule has 3 aromatic rings. The van der Waals surface area contributed by atoms with Crippen LogP contribution in [0, 0.1) is 0 Å². The molecule has 0 amide bonds. The minimum Gasteiger partial charge on any atom is -0.493 e. The molecule has 0 bridgehead atoms. The summed E-state index contributed by atoms with van der Waals surface area (Å²) < 4.78 is 56.4. The Morgan fingerprint density at radius 1 is 1.09 bits per heavy atom. The molecule has 186 valence electrons. The maximum atomic E-state index is 13.2. The Kier molecular flexibility index (Phi) is 6.86. The fourth-order valence-electron chi connectivity index (χ4n) is 4.47. The summed E-state index contributed by atoms with van der Waals surface area (Å²) in [6, 6.07) is 12.5. The van der Waals surface area contributed by atoms with Gasteiger partial charge in [0.25, 0.3) is 0 Å². The number of aliphatic hydroxyl groups is 1.